The molecule has 1 aromatic carbocycles. The first-order chi connectivity index (χ1) is 11.4. The fraction of sp³-hybridized carbons (Fsp3) is 0.133. The van der Waals surface area contributed by atoms with Crippen LogP contribution in [0.15, 0.2) is 47.9 Å². The molecule has 2 heterocycles. The molecule has 0 radical (unpaired) electrons. The third-order valence-electron chi connectivity index (χ3n) is 3.08. The van der Waals surface area contributed by atoms with Crippen LogP contribution in [0.5, 0.6) is 0 Å². The van der Waals surface area contributed by atoms with Gasteiger partial charge < -0.3 is 10.3 Å². The number of carbonyl (C=O) groups is 1. The average Bonchev–Trinajstić information content (AvgIpc) is 2.95. The largest absolute Gasteiger partial charge is 0.416 e. The molecule has 0 saturated carbocycles. The highest BCUT2D eigenvalue weighted by Gasteiger charge is 2.30. The summed E-state index contributed by atoms with van der Waals surface area (Å²) in [6, 6.07) is 6.24. The van der Waals surface area contributed by atoms with Gasteiger partial charge in [0.05, 0.1) is 28.5 Å². The van der Waals surface area contributed by atoms with Gasteiger partial charge in [0.1, 0.15) is 0 Å². The van der Waals surface area contributed by atoms with Crippen LogP contribution >= 0.6 is 11.8 Å². The Morgan fingerprint density at radius 1 is 1.29 bits per heavy atom. The number of halogens is 3. The molecule has 9 heteroatoms. The van der Waals surface area contributed by atoms with Crippen molar-refractivity contribution in [3.05, 3.63) is 48.3 Å². The average molecular weight is 352 g/mol. The van der Waals surface area contributed by atoms with Crippen LogP contribution in [-0.4, -0.2) is 26.6 Å². The number of carbonyl (C=O) groups excluding carboxylic acids is 1. The monoisotopic (exact) mass is 352 g/mol. The fourth-order valence-electron chi connectivity index (χ4n) is 2.01. The molecule has 0 fully saturated rings. The van der Waals surface area contributed by atoms with E-state index < -0.39 is 17.6 Å². The molecule has 0 spiro atoms. The lowest BCUT2D eigenvalue weighted by atomic mass is 10.2. The van der Waals surface area contributed by atoms with Crippen LogP contribution in [0.2, 0.25) is 0 Å². The molecule has 0 aliphatic heterocycles. The minimum absolute atomic E-state index is 0.0174. The first-order valence-electron chi connectivity index (χ1n) is 6.81. The molecule has 2 N–H and O–H groups in total. The Bertz CT molecular complexity index is 845. The second-order valence-electron chi connectivity index (χ2n) is 4.85. The molecule has 3 aromatic rings. The number of benzene rings is 1. The minimum Gasteiger partial charge on any atom is -0.332 e. The van der Waals surface area contributed by atoms with Crippen molar-refractivity contribution < 1.29 is 18.0 Å². The van der Waals surface area contributed by atoms with Gasteiger partial charge in [-0.15, -0.1) is 0 Å². The van der Waals surface area contributed by atoms with Gasteiger partial charge in [-0.1, -0.05) is 17.8 Å². The molecule has 2 aromatic heterocycles. The third kappa shape index (κ3) is 3.85. The smallest absolute Gasteiger partial charge is 0.332 e. The summed E-state index contributed by atoms with van der Waals surface area (Å²) < 4.78 is 37.9. The summed E-state index contributed by atoms with van der Waals surface area (Å²) in [5, 5.41) is 2.98. The molecule has 0 atom stereocenters. The number of aromatic amines is 1. The Kier molecular flexibility index (Phi) is 4.43. The number of aromatic nitrogens is 3. The second-order valence-corrected chi connectivity index (χ2v) is 5.81. The van der Waals surface area contributed by atoms with Crippen molar-refractivity contribution >= 4 is 34.4 Å². The van der Waals surface area contributed by atoms with E-state index in [0.717, 1.165) is 34.9 Å². The number of alkyl halides is 3. The maximum atomic E-state index is 12.6. The Morgan fingerprint density at radius 3 is 2.88 bits per heavy atom. The number of H-pyrrole nitrogens is 1. The zero-order chi connectivity index (χ0) is 17.2. The number of hydrogen-bond donors (Lipinski definition) is 2. The first kappa shape index (κ1) is 16.3. The number of anilines is 1. The van der Waals surface area contributed by atoms with E-state index in [1.54, 1.807) is 18.5 Å². The number of imidazole rings is 1. The van der Waals surface area contributed by atoms with Crippen molar-refractivity contribution in [3.63, 3.8) is 0 Å². The number of rotatable bonds is 4. The van der Waals surface area contributed by atoms with Gasteiger partial charge in [-0.05, 0) is 24.3 Å². The Labute approximate surface area is 138 Å². The first-order valence-corrected chi connectivity index (χ1v) is 7.80. The number of pyridine rings is 1. The Balaban J connectivity index is 1.61. The quantitative estimate of drug-likeness (QED) is 0.702. The van der Waals surface area contributed by atoms with Crippen molar-refractivity contribution in [1.29, 1.82) is 0 Å². The lowest BCUT2D eigenvalue weighted by Gasteiger charge is -2.09. The predicted octanol–water partition coefficient (Wildman–Crippen LogP) is 3.71. The van der Waals surface area contributed by atoms with Gasteiger partial charge in [0, 0.05) is 11.9 Å². The van der Waals surface area contributed by atoms with E-state index in [1.807, 2.05) is 0 Å². The highest BCUT2D eigenvalue weighted by Crippen LogP contribution is 2.30. The van der Waals surface area contributed by atoms with Crippen LogP contribution in [0.3, 0.4) is 0 Å². The van der Waals surface area contributed by atoms with Crippen LogP contribution in [-0.2, 0) is 11.0 Å². The van der Waals surface area contributed by atoms with E-state index in [4.69, 9.17) is 0 Å². The van der Waals surface area contributed by atoms with Gasteiger partial charge >= 0.3 is 6.18 Å². The summed E-state index contributed by atoms with van der Waals surface area (Å²) >= 11 is 1.15. The standard InChI is InChI=1S/C15H11F3N4OS/c16-15(17,18)9-2-1-3-10(6-9)20-13(23)8-24-14-21-11-4-5-19-7-12(11)22-14/h1-7H,8H2,(H,20,23)(H,21,22). The summed E-state index contributed by atoms with van der Waals surface area (Å²) in [7, 11) is 0. The Morgan fingerprint density at radius 2 is 2.12 bits per heavy atom. The summed E-state index contributed by atoms with van der Waals surface area (Å²) in [6.45, 7) is 0. The van der Waals surface area contributed by atoms with E-state index in [2.05, 4.69) is 20.3 Å². The SMILES string of the molecule is O=C(CSc1nc2ccncc2[nH]1)Nc1cccc(C(F)(F)F)c1. The van der Waals surface area contributed by atoms with Crippen LogP contribution in [0.4, 0.5) is 18.9 Å². The molecule has 0 aliphatic carbocycles. The molecular formula is C15H11F3N4OS. The normalized spacial score (nSPS) is 11.6. The van der Waals surface area contributed by atoms with Crippen molar-refractivity contribution in [2.75, 3.05) is 11.1 Å². The summed E-state index contributed by atoms with van der Waals surface area (Å²) in [4.78, 5) is 23.1. The molecule has 24 heavy (non-hydrogen) atoms. The molecule has 124 valence electrons. The summed E-state index contributed by atoms with van der Waals surface area (Å²) in [6.07, 6.45) is -1.22. The maximum absolute atomic E-state index is 12.6. The highest BCUT2D eigenvalue weighted by atomic mass is 32.2. The summed E-state index contributed by atoms with van der Waals surface area (Å²) in [5.74, 6) is -0.401. The number of thioether (sulfide) groups is 1. The molecule has 0 aliphatic rings. The van der Waals surface area contributed by atoms with E-state index in [1.165, 1.54) is 12.1 Å². The third-order valence-corrected chi connectivity index (χ3v) is 3.95. The zero-order valence-corrected chi connectivity index (χ0v) is 12.9. The number of nitrogens with one attached hydrogen (secondary N) is 2. The van der Waals surface area contributed by atoms with Crippen molar-refractivity contribution in [2.24, 2.45) is 0 Å². The molecular weight excluding hydrogens is 341 g/mol. The number of fused-ring (bicyclic) bond motifs is 1. The predicted molar refractivity (Wildman–Crippen MR) is 84.7 cm³/mol. The topological polar surface area (TPSA) is 70.7 Å². The van der Waals surface area contributed by atoms with Gasteiger partial charge in [-0.2, -0.15) is 13.2 Å². The summed E-state index contributed by atoms with van der Waals surface area (Å²) in [5.41, 5.74) is 0.769. The van der Waals surface area contributed by atoms with Crippen LogP contribution in [0, 0.1) is 0 Å². The van der Waals surface area contributed by atoms with Crippen molar-refractivity contribution in [3.8, 4) is 0 Å². The van der Waals surface area contributed by atoms with Gasteiger partial charge in [0.25, 0.3) is 0 Å². The van der Waals surface area contributed by atoms with Gasteiger partial charge in [-0.25, -0.2) is 4.98 Å². The van der Waals surface area contributed by atoms with Crippen LogP contribution in [0.1, 0.15) is 5.56 Å². The number of nitrogens with zero attached hydrogens (tertiary/aromatic N) is 2. The van der Waals surface area contributed by atoms with E-state index in [9.17, 15) is 18.0 Å². The molecule has 0 unspecified atom stereocenters. The fourth-order valence-corrected chi connectivity index (χ4v) is 2.69. The molecule has 0 bridgehead atoms. The highest BCUT2D eigenvalue weighted by molar-refractivity contribution is 7.99. The molecule has 3 rings (SSSR count). The van der Waals surface area contributed by atoms with Crippen molar-refractivity contribution in [1.82, 2.24) is 15.0 Å². The van der Waals surface area contributed by atoms with E-state index >= 15 is 0 Å². The van der Waals surface area contributed by atoms with E-state index in [-0.39, 0.29) is 11.4 Å². The van der Waals surface area contributed by atoms with Crippen LogP contribution < -0.4 is 5.32 Å². The number of hydrogen-bond acceptors (Lipinski definition) is 4. The van der Waals surface area contributed by atoms with Gasteiger partial charge in [0.15, 0.2) is 5.16 Å². The number of amides is 1. The maximum Gasteiger partial charge on any atom is 0.416 e. The lowest BCUT2D eigenvalue weighted by Crippen LogP contribution is -2.15. The van der Waals surface area contributed by atoms with Gasteiger partial charge in [0.2, 0.25) is 5.91 Å². The lowest BCUT2D eigenvalue weighted by molar-refractivity contribution is -0.137. The minimum atomic E-state index is -4.45. The second kappa shape index (κ2) is 6.52. The molecule has 1 amide bonds. The van der Waals surface area contributed by atoms with E-state index in [0.29, 0.717) is 5.16 Å². The molecule has 5 nitrogen and oxygen atoms in total. The van der Waals surface area contributed by atoms with Crippen molar-refractivity contribution in [2.45, 2.75) is 11.3 Å². The molecule has 0 saturated heterocycles. The van der Waals surface area contributed by atoms with Gasteiger partial charge in [-0.3, -0.25) is 9.78 Å². The Hall–Kier alpha value is -2.55. The zero-order valence-electron chi connectivity index (χ0n) is 12.1. The van der Waals surface area contributed by atoms with Crippen LogP contribution in [0.25, 0.3) is 11.0 Å².